The Bertz CT molecular complexity index is 406. The van der Waals surface area contributed by atoms with Crippen LogP contribution in [-0.4, -0.2) is 43.2 Å². The molecule has 1 amide bonds. The molecule has 0 radical (unpaired) electrons. The van der Waals surface area contributed by atoms with Gasteiger partial charge in [0.25, 0.3) is 0 Å². The Hall–Kier alpha value is -1.59. The Balaban J connectivity index is 2.53. The lowest BCUT2D eigenvalue weighted by atomic mass is 10.2. The van der Waals surface area contributed by atoms with Gasteiger partial charge in [-0.1, -0.05) is 6.92 Å². The van der Waals surface area contributed by atoms with E-state index in [0.29, 0.717) is 18.9 Å². The highest BCUT2D eigenvalue weighted by Gasteiger charge is 2.19. The highest BCUT2D eigenvalue weighted by atomic mass is 16.5. The van der Waals surface area contributed by atoms with Gasteiger partial charge in [-0.15, -0.1) is 0 Å². The topological polar surface area (TPSA) is 67.6 Å². The van der Waals surface area contributed by atoms with Gasteiger partial charge in [0.05, 0.1) is 12.6 Å². The number of nitrogen functional groups attached to an aromatic ring is 1. The number of carbonyl (C=O) groups excluding carboxylic acids is 1. The molecule has 0 aromatic heterocycles. The number of ether oxygens (including phenoxy) is 1. The van der Waals surface area contributed by atoms with E-state index in [4.69, 9.17) is 10.5 Å². The number of nitrogens with one attached hydrogen (secondary N) is 1. The van der Waals surface area contributed by atoms with Crippen LogP contribution in [-0.2, 0) is 9.53 Å². The van der Waals surface area contributed by atoms with Gasteiger partial charge >= 0.3 is 0 Å². The van der Waals surface area contributed by atoms with Crippen molar-refractivity contribution in [3.63, 3.8) is 0 Å². The van der Waals surface area contributed by atoms with Crippen LogP contribution in [0.15, 0.2) is 24.3 Å². The summed E-state index contributed by atoms with van der Waals surface area (Å²) in [4.78, 5) is 14.3. The maximum atomic E-state index is 12.2. The number of hydrogen-bond donors (Lipinski definition) is 2. The minimum absolute atomic E-state index is 0.0203. The molecule has 5 nitrogen and oxygen atoms in total. The third-order valence-electron chi connectivity index (χ3n) is 3.24. The molecule has 1 rings (SSSR count). The Kier molecular flexibility index (Phi) is 7.04. The van der Waals surface area contributed by atoms with Crippen molar-refractivity contribution in [3.8, 4) is 0 Å². The zero-order valence-corrected chi connectivity index (χ0v) is 12.6. The maximum Gasteiger partial charge on any atom is 0.241 e. The first-order chi connectivity index (χ1) is 9.58. The summed E-state index contributed by atoms with van der Waals surface area (Å²) < 4.78 is 5.34. The van der Waals surface area contributed by atoms with Gasteiger partial charge < -0.3 is 15.8 Å². The molecule has 0 aliphatic heterocycles. The first-order valence-electron chi connectivity index (χ1n) is 7.06. The van der Waals surface area contributed by atoms with Gasteiger partial charge in [-0.2, -0.15) is 0 Å². The Morgan fingerprint density at radius 2 is 2.00 bits per heavy atom. The summed E-state index contributed by atoms with van der Waals surface area (Å²) in [6.45, 7) is 8.81. The number of anilines is 2. The molecule has 0 saturated heterocycles. The minimum Gasteiger partial charge on any atom is -0.399 e. The van der Waals surface area contributed by atoms with Crippen LogP contribution in [0.4, 0.5) is 11.4 Å². The van der Waals surface area contributed by atoms with Crippen molar-refractivity contribution in [2.75, 3.05) is 37.4 Å². The molecule has 3 N–H and O–H groups in total. The second-order valence-corrected chi connectivity index (χ2v) is 4.61. The molecule has 5 heteroatoms. The number of amides is 1. The molecule has 1 aromatic rings. The lowest BCUT2D eigenvalue weighted by Crippen LogP contribution is -2.43. The molecule has 0 aliphatic rings. The Morgan fingerprint density at radius 1 is 1.35 bits per heavy atom. The summed E-state index contributed by atoms with van der Waals surface area (Å²) >= 11 is 0. The van der Waals surface area contributed by atoms with E-state index in [1.807, 2.05) is 20.8 Å². The van der Waals surface area contributed by atoms with Crippen LogP contribution in [0.1, 0.15) is 20.8 Å². The van der Waals surface area contributed by atoms with Gasteiger partial charge in [-0.05, 0) is 44.7 Å². The van der Waals surface area contributed by atoms with E-state index in [2.05, 4.69) is 10.2 Å². The molecule has 0 saturated carbocycles. The second kappa shape index (κ2) is 8.55. The summed E-state index contributed by atoms with van der Waals surface area (Å²) in [5.41, 5.74) is 7.06. The third-order valence-corrected chi connectivity index (χ3v) is 3.24. The largest absolute Gasteiger partial charge is 0.399 e. The van der Waals surface area contributed by atoms with E-state index in [0.717, 1.165) is 18.8 Å². The van der Waals surface area contributed by atoms with Crippen molar-refractivity contribution in [2.24, 2.45) is 0 Å². The summed E-state index contributed by atoms with van der Waals surface area (Å²) in [5, 5.41) is 2.90. The zero-order valence-electron chi connectivity index (χ0n) is 12.6. The van der Waals surface area contributed by atoms with Gasteiger partial charge in [0, 0.05) is 24.5 Å². The van der Waals surface area contributed by atoms with E-state index < -0.39 is 0 Å². The number of nitrogens with zero attached hydrogens (tertiary/aromatic N) is 1. The number of likely N-dealkylation sites (N-methyl/N-ethyl adjacent to an activating group) is 1. The molecule has 0 heterocycles. The third kappa shape index (κ3) is 5.19. The number of carbonyl (C=O) groups is 1. The molecule has 0 bridgehead atoms. The predicted octanol–water partition coefficient (Wildman–Crippen LogP) is 1.95. The van der Waals surface area contributed by atoms with Crippen LogP contribution in [0, 0.1) is 0 Å². The van der Waals surface area contributed by atoms with Crippen LogP contribution in [0.2, 0.25) is 0 Å². The van der Waals surface area contributed by atoms with Crippen LogP contribution >= 0.6 is 0 Å². The minimum atomic E-state index is -0.196. The molecule has 1 atom stereocenters. The van der Waals surface area contributed by atoms with Crippen molar-refractivity contribution < 1.29 is 9.53 Å². The zero-order chi connectivity index (χ0) is 15.0. The lowest BCUT2D eigenvalue weighted by Gasteiger charge is -2.26. The summed E-state index contributed by atoms with van der Waals surface area (Å²) in [6, 6.07) is 6.95. The fourth-order valence-corrected chi connectivity index (χ4v) is 1.93. The molecule has 0 aliphatic carbocycles. The number of rotatable bonds is 8. The number of nitrogens with two attached hydrogens (primary N) is 1. The fraction of sp³-hybridized carbons (Fsp3) is 0.533. The van der Waals surface area contributed by atoms with Crippen LogP contribution < -0.4 is 11.1 Å². The average molecular weight is 279 g/mol. The molecule has 20 heavy (non-hydrogen) atoms. The predicted molar refractivity (Wildman–Crippen MR) is 82.7 cm³/mol. The smallest absolute Gasteiger partial charge is 0.241 e. The first kappa shape index (κ1) is 16.5. The van der Waals surface area contributed by atoms with Crippen molar-refractivity contribution in [1.82, 2.24) is 4.90 Å². The highest BCUT2D eigenvalue weighted by Crippen LogP contribution is 2.11. The molecular formula is C15H25N3O2. The van der Waals surface area contributed by atoms with Gasteiger partial charge in [-0.25, -0.2) is 0 Å². The Labute approximate surface area is 121 Å². The molecule has 112 valence electrons. The monoisotopic (exact) mass is 279 g/mol. The van der Waals surface area contributed by atoms with Crippen molar-refractivity contribution in [3.05, 3.63) is 24.3 Å². The van der Waals surface area contributed by atoms with E-state index in [1.165, 1.54) is 0 Å². The Morgan fingerprint density at radius 3 is 2.55 bits per heavy atom. The average Bonchev–Trinajstić information content (AvgIpc) is 2.45. The maximum absolute atomic E-state index is 12.2. The van der Waals surface area contributed by atoms with Gasteiger partial charge in [-0.3, -0.25) is 9.69 Å². The molecule has 0 fully saturated rings. The fourth-order valence-electron chi connectivity index (χ4n) is 1.93. The normalized spacial score (nSPS) is 12.4. The van der Waals surface area contributed by atoms with Gasteiger partial charge in [0.2, 0.25) is 5.91 Å². The van der Waals surface area contributed by atoms with Crippen molar-refractivity contribution in [2.45, 2.75) is 26.8 Å². The van der Waals surface area contributed by atoms with E-state index >= 15 is 0 Å². The van der Waals surface area contributed by atoms with Crippen molar-refractivity contribution in [1.29, 1.82) is 0 Å². The molecule has 1 aromatic carbocycles. The standard InChI is InChI=1S/C15H25N3O2/c1-4-18(10-11-20-5-2)12(3)15(19)17-14-8-6-13(16)7-9-14/h6-9,12H,4-5,10-11,16H2,1-3H3,(H,17,19). The SMILES string of the molecule is CCOCCN(CC)C(C)C(=O)Nc1ccc(N)cc1. The first-order valence-corrected chi connectivity index (χ1v) is 7.06. The molecular weight excluding hydrogens is 254 g/mol. The summed E-state index contributed by atoms with van der Waals surface area (Å²) in [6.07, 6.45) is 0. The number of hydrogen-bond acceptors (Lipinski definition) is 4. The number of benzene rings is 1. The van der Waals surface area contributed by atoms with Crippen LogP contribution in [0.25, 0.3) is 0 Å². The molecule has 0 spiro atoms. The van der Waals surface area contributed by atoms with Crippen molar-refractivity contribution >= 4 is 17.3 Å². The summed E-state index contributed by atoms with van der Waals surface area (Å²) in [7, 11) is 0. The van der Waals surface area contributed by atoms with Crippen LogP contribution in [0.5, 0.6) is 0 Å². The van der Waals surface area contributed by atoms with Gasteiger partial charge in [0.1, 0.15) is 0 Å². The quantitative estimate of drug-likeness (QED) is 0.564. The van der Waals surface area contributed by atoms with E-state index in [-0.39, 0.29) is 11.9 Å². The van der Waals surface area contributed by atoms with Crippen LogP contribution in [0.3, 0.4) is 0 Å². The molecule has 1 unspecified atom stereocenters. The van der Waals surface area contributed by atoms with Gasteiger partial charge in [0.15, 0.2) is 0 Å². The summed E-state index contributed by atoms with van der Waals surface area (Å²) in [5.74, 6) is -0.0203. The van der Waals surface area contributed by atoms with E-state index in [1.54, 1.807) is 24.3 Å². The highest BCUT2D eigenvalue weighted by molar-refractivity contribution is 5.94. The second-order valence-electron chi connectivity index (χ2n) is 4.61. The lowest BCUT2D eigenvalue weighted by molar-refractivity contribution is -0.120. The van der Waals surface area contributed by atoms with E-state index in [9.17, 15) is 4.79 Å².